The first-order chi connectivity index (χ1) is 16.0. The number of halogens is 1. The standard InChI is InChI=1S/C26H31ClN4O2/c1-3-30-24(29-23-15-14-20(27)16-22(23)25(30)32)18(2)31(17-19-10-6-4-7-11-19)26(33)28-21-12-8-5-9-13-21/h4,6-7,10-11,14-16,18,21H,3,5,8-9,12-13,17H2,1-2H3,(H,28,33). The number of hydrogen-bond donors (Lipinski definition) is 1. The molecule has 3 aromatic rings. The van der Waals surface area contributed by atoms with Crippen molar-refractivity contribution in [1.82, 2.24) is 19.8 Å². The highest BCUT2D eigenvalue weighted by molar-refractivity contribution is 6.31. The molecule has 1 aliphatic rings. The summed E-state index contributed by atoms with van der Waals surface area (Å²) in [5.74, 6) is 0.576. The molecule has 1 heterocycles. The molecule has 0 aliphatic heterocycles. The van der Waals surface area contributed by atoms with Crippen LogP contribution in [0.3, 0.4) is 0 Å². The van der Waals surface area contributed by atoms with Crippen molar-refractivity contribution >= 4 is 28.5 Å². The Morgan fingerprint density at radius 2 is 1.91 bits per heavy atom. The van der Waals surface area contributed by atoms with E-state index >= 15 is 0 Å². The molecule has 0 spiro atoms. The highest BCUT2D eigenvalue weighted by Crippen LogP contribution is 2.25. The summed E-state index contributed by atoms with van der Waals surface area (Å²) in [5.41, 5.74) is 1.48. The van der Waals surface area contributed by atoms with Gasteiger partial charge in [0.1, 0.15) is 5.82 Å². The van der Waals surface area contributed by atoms with Crippen molar-refractivity contribution in [1.29, 1.82) is 0 Å². The fraction of sp³-hybridized carbons (Fsp3) is 0.423. The zero-order valence-electron chi connectivity index (χ0n) is 19.3. The summed E-state index contributed by atoms with van der Waals surface area (Å²) in [6.45, 7) is 4.74. The number of amides is 2. The van der Waals surface area contributed by atoms with E-state index in [0.717, 1.165) is 31.2 Å². The lowest BCUT2D eigenvalue weighted by atomic mass is 9.96. The first-order valence-electron chi connectivity index (χ1n) is 11.8. The SMILES string of the molecule is CCn1c(C(C)N(Cc2ccccc2)C(=O)NC2CCCCC2)nc2ccc(Cl)cc2c1=O. The molecule has 1 atom stereocenters. The van der Waals surface area contributed by atoms with Crippen LogP contribution in [0.4, 0.5) is 4.79 Å². The minimum absolute atomic E-state index is 0.119. The van der Waals surface area contributed by atoms with Gasteiger partial charge in [-0.15, -0.1) is 0 Å². The fourth-order valence-electron chi connectivity index (χ4n) is 4.64. The number of carbonyl (C=O) groups excluding carboxylic acids is 1. The third-order valence-corrected chi connectivity index (χ3v) is 6.73. The molecule has 4 rings (SSSR count). The van der Waals surface area contributed by atoms with E-state index in [1.165, 1.54) is 6.42 Å². The first-order valence-corrected chi connectivity index (χ1v) is 12.2. The predicted octanol–water partition coefficient (Wildman–Crippen LogP) is 5.68. The van der Waals surface area contributed by atoms with E-state index in [4.69, 9.17) is 16.6 Å². The van der Waals surface area contributed by atoms with Gasteiger partial charge < -0.3 is 10.2 Å². The number of fused-ring (bicyclic) bond motifs is 1. The first kappa shape index (κ1) is 23.3. The lowest BCUT2D eigenvalue weighted by molar-refractivity contribution is 0.164. The molecule has 0 radical (unpaired) electrons. The van der Waals surface area contributed by atoms with E-state index in [2.05, 4.69) is 5.32 Å². The maximum atomic E-state index is 13.5. The summed E-state index contributed by atoms with van der Waals surface area (Å²) in [6, 6.07) is 14.7. The zero-order chi connectivity index (χ0) is 23.4. The van der Waals surface area contributed by atoms with Crippen molar-refractivity contribution in [2.45, 2.75) is 71.1 Å². The van der Waals surface area contributed by atoms with Crippen molar-refractivity contribution in [3.63, 3.8) is 0 Å². The number of rotatable bonds is 6. The van der Waals surface area contributed by atoms with Crippen LogP contribution in [0, 0.1) is 0 Å². The summed E-state index contributed by atoms with van der Waals surface area (Å²) in [4.78, 5) is 33.4. The van der Waals surface area contributed by atoms with E-state index in [9.17, 15) is 9.59 Å². The van der Waals surface area contributed by atoms with Gasteiger partial charge >= 0.3 is 6.03 Å². The van der Waals surface area contributed by atoms with E-state index in [0.29, 0.717) is 34.8 Å². The third kappa shape index (κ3) is 5.22. The molecule has 2 aromatic carbocycles. The van der Waals surface area contributed by atoms with Gasteiger partial charge in [0.05, 0.1) is 16.9 Å². The molecule has 0 bridgehead atoms. The van der Waals surface area contributed by atoms with Gasteiger partial charge in [0.25, 0.3) is 5.56 Å². The summed E-state index contributed by atoms with van der Waals surface area (Å²) < 4.78 is 1.65. The minimum atomic E-state index is -0.401. The lowest BCUT2D eigenvalue weighted by Crippen LogP contribution is -2.47. The summed E-state index contributed by atoms with van der Waals surface area (Å²) in [5, 5.41) is 4.23. The topological polar surface area (TPSA) is 67.2 Å². The van der Waals surface area contributed by atoms with Crippen molar-refractivity contribution in [3.8, 4) is 0 Å². The van der Waals surface area contributed by atoms with Crippen LogP contribution in [-0.4, -0.2) is 26.5 Å². The van der Waals surface area contributed by atoms with Crippen molar-refractivity contribution in [2.24, 2.45) is 0 Å². The smallest absolute Gasteiger partial charge is 0.318 e. The Labute approximate surface area is 199 Å². The number of hydrogen-bond acceptors (Lipinski definition) is 3. The third-order valence-electron chi connectivity index (χ3n) is 6.49. The normalized spacial score (nSPS) is 15.4. The van der Waals surface area contributed by atoms with E-state index in [1.54, 1.807) is 27.7 Å². The van der Waals surface area contributed by atoms with Gasteiger partial charge in [0.2, 0.25) is 0 Å². The molecule has 1 unspecified atom stereocenters. The number of benzene rings is 2. The summed E-state index contributed by atoms with van der Waals surface area (Å²) in [7, 11) is 0. The highest BCUT2D eigenvalue weighted by atomic mass is 35.5. The van der Waals surface area contributed by atoms with E-state index < -0.39 is 6.04 Å². The van der Waals surface area contributed by atoms with Gasteiger partial charge in [-0.1, -0.05) is 61.2 Å². The van der Waals surface area contributed by atoms with Crippen LogP contribution in [0.2, 0.25) is 5.02 Å². The Morgan fingerprint density at radius 3 is 2.61 bits per heavy atom. The number of urea groups is 1. The highest BCUT2D eigenvalue weighted by Gasteiger charge is 2.28. The predicted molar refractivity (Wildman–Crippen MR) is 132 cm³/mol. The molecule has 1 saturated carbocycles. The molecular weight excluding hydrogens is 436 g/mol. The average Bonchev–Trinajstić information content (AvgIpc) is 2.83. The van der Waals surface area contributed by atoms with Crippen molar-refractivity contribution in [2.75, 3.05) is 0 Å². The summed E-state index contributed by atoms with van der Waals surface area (Å²) in [6.07, 6.45) is 5.53. The van der Waals surface area contributed by atoms with Gasteiger partial charge in [0, 0.05) is 24.2 Å². The molecule has 1 aliphatic carbocycles. The maximum Gasteiger partial charge on any atom is 0.318 e. The van der Waals surface area contributed by atoms with Gasteiger partial charge in [-0.25, -0.2) is 9.78 Å². The van der Waals surface area contributed by atoms with Gasteiger partial charge in [-0.3, -0.25) is 9.36 Å². The largest absolute Gasteiger partial charge is 0.335 e. The molecule has 7 heteroatoms. The fourth-order valence-corrected chi connectivity index (χ4v) is 4.82. The van der Waals surface area contributed by atoms with Crippen LogP contribution in [0.15, 0.2) is 53.3 Å². The number of aromatic nitrogens is 2. The quantitative estimate of drug-likeness (QED) is 0.508. The maximum absolute atomic E-state index is 13.5. The number of carbonyl (C=O) groups is 1. The minimum Gasteiger partial charge on any atom is -0.335 e. The molecule has 6 nitrogen and oxygen atoms in total. The second kappa shape index (κ2) is 10.4. The molecular formula is C26H31ClN4O2. The molecule has 0 saturated heterocycles. The van der Waals surface area contributed by atoms with Crippen molar-refractivity contribution in [3.05, 3.63) is 75.3 Å². The molecule has 174 valence electrons. The Bertz CT molecular complexity index is 1170. The van der Waals surface area contributed by atoms with Crippen LogP contribution in [0.25, 0.3) is 10.9 Å². The Hall–Kier alpha value is -2.86. The molecule has 2 amide bonds. The van der Waals surface area contributed by atoms with Crippen LogP contribution in [-0.2, 0) is 13.1 Å². The zero-order valence-corrected chi connectivity index (χ0v) is 20.0. The van der Waals surface area contributed by atoms with Crippen molar-refractivity contribution < 1.29 is 4.79 Å². The molecule has 1 fully saturated rings. The van der Waals surface area contributed by atoms with E-state index in [-0.39, 0.29) is 17.6 Å². The second-order valence-corrected chi connectivity index (χ2v) is 9.19. The monoisotopic (exact) mass is 466 g/mol. The number of nitrogens with one attached hydrogen (secondary N) is 1. The molecule has 1 aromatic heterocycles. The average molecular weight is 467 g/mol. The second-order valence-electron chi connectivity index (χ2n) is 8.75. The van der Waals surface area contributed by atoms with Gasteiger partial charge in [0.15, 0.2) is 0 Å². The van der Waals surface area contributed by atoms with Gasteiger partial charge in [-0.2, -0.15) is 0 Å². The molecule has 1 N–H and O–H groups in total. The Balaban J connectivity index is 1.72. The lowest BCUT2D eigenvalue weighted by Gasteiger charge is -2.33. The van der Waals surface area contributed by atoms with Crippen LogP contribution in [0.1, 0.15) is 63.4 Å². The Kier molecular flexibility index (Phi) is 7.33. The van der Waals surface area contributed by atoms with Crippen LogP contribution >= 0.6 is 11.6 Å². The van der Waals surface area contributed by atoms with Crippen LogP contribution in [0.5, 0.6) is 0 Å². The van der Waals surface area contributed by atoms with Crippen LogP contribution < -0.4 is 10.9 Å². The van der Waals surface area contributed by atoms with Gasteiger partial charge in [-0.05, 0) is 50.5 Å². The number of nitrogens with zero attached hydrogens (tertiary/aromatic N) is 3. The Morgan fingerprint density at radius 1 is 1.18 bits per heavy atom. The van der Waals surface area contributed by atoms with E-state index in [1.807, 2.05) is 44.2 Å². The molecule has 33 heavy (non-hydrogen) atoms. The summed E-state index contributed by atoms with van der Waals surface area (Å²) >= 11 is 6.13.